The molecule has 0 amide bonds. The van der Waals surface area contributed by atoms with Crippen LogP contribution in [0.4, 0.5) is 9.59 Å². The molecule has 0 fully saturated rings. The molecule has 0 aliphatic carbocycles. The van der Waals surface area contributed by atoms with Gasteiger partial charge in [-0.3, -0.25) is 0 Å². The molecule has 146 valence electrons. The van der Waals surface area contributed by atoms with Gasteiger partial charge in [-0.1, -0.05) is 0 Å². The number of imidazole rings is 1. The van der Waals surface area contributed by atoms with E-state index in [1.54, 1.807) is 13.8 Å². The molecule has 0 saturated carbocycles. The molecule has 0 N–H and O–H groups in total. The number of hydrogen-bond acceptors (Lipinski definition) is 7. The van der Waals surface area contributed by atoms with Gasteiger partial charge in [0.2, 0.25) is 0 Å². The van der Waals surface area contributed by atoms with E-state index in [9.17, 15) is 14.4 Å². The van der Waals surface area contributed by atoms with Crippen molar-refractivity contribution in [3.8, 4) is 0 Å². The fraction of sp³-hybridized carbons (Fsp3) is 0.625. The molecule has 0 aromatic carbocycles. The van der Waals surface area contributed by atoms with Gasteiger partial charge in [0.15, 0.2) is 0 Å². The molecule has 1 aromatic heterocycles. The molecule has 0 saturated heterocycles. The van der Waals surface area contributed by atoms with Crippen LogP contribution in [0.15, 0.2) is 6.20 Å². The number of quaternary nitrogens is 1. The Bertz CT molecular complexity index is 653. The van der Waals surface area contributed by atoms with Gasteiger partial charge in [0.25, 0.3) is 0 Å². The molecule has 10 heteroatoms. The van der Waals surface area contributed by atoms with Gasteiger partial charge in [-0.2, -0.15) is 0 Å². The molecule has 1 heterocycles. The van der Waals surface area contributed by atoms with Crippen molar-refractivity contribution in [2.24, 2.45) is 0 Å². The summed E-state index contributed by atoms with van der Waals surface area (Å²) < 4.78 is 16.6. The average Bonchev–Trinajstić information content (AvgIpc) is 2.94. The van der Waals surface area contributed by atoms with E-state index in [2.05, 4.69) is 4.98 Å². The molecule has 1 unspecified atom stereocenters. The van der Waals surface area contributed by atoms with E-state index in [4.69, 9.17) is 14.2 Å². The van der Waals surface area contributed by atoms with E-state index in [0.29, 0.717) is 10.2 Å². The topological polar surface area (TPSA) is 96.7 Å². The second kappa shape index (κ2) is 9.70. The van der Waals surface area contributed by atoms with Crippen LogP contribution in [-0.4, -0.2) is 93.4 Å². The number of esters is 1. The van der Waals surface area contributed by atoms with Gasteiger partial charge in [0, 0.05) is 0 Å². The van der Waals surface area contributed by atoms with Gasteiger partial charge in [0.05, 0.1) is 0 Å². The molecule has 1 aromatic rings. The number of carbonyl (C=O) groups is 3. The van der Waals surface area contributed by atoms with Crippen LogP contribution in [0, 0.1) is 0 Å². The Morgan fingerprint density at radius 2 is 1.81 bits per heavy atom. The fourth-order valence-electron chi connectivity index (χ4n) is 2.13. The Morgan fingerprint density at radius 3 is 2.31 bits per heavy atom. The van der Waals surface area contributed by atoms with E-state index in [1.807, 2.05) is 21.1 Å². The number of methoxy groups -OCH3 is 1. The minimum atomic E-state index is -0.807. The first-order valence-electron chi connectivity index (χ1n) is 8.12. The summed E-state index contributed by atoms with van der Waals surface area (Å²) in [5.74, 6) is -0.374. The van der Waals surface area contributed by atoms with Crippen molar-refractivity contribution in [2.45, 2.75) is 26.3 Å². The van der Waals surface area contributed by atoms with Crippen molar-refractivity contribution in [3.63, 3.8) is 0 Å². The zero-order chi connectivity index (χ0) is 19.9. The first-order valence-corrected chi connectivity index (χ1v) is 9.84. The minimum absolute atomic E-state index is 0.196. The third-order valence-corrected chi connectivity index (χ3v) is 5.02. The Morgan fingerprint density at radius 1 is 1.19 bits per heavy atom. The van der Waals surface area contributed by atoms with Gasteiger partial charge in [-0.15, -0.1) is 0 Å². The first kappa shape index (κ1) is 22.1. The number of likely N-dealkylation sites (N-methyl/N-ethyl adjacent to an activating group) is 1. The zero-order valence-corrected chi connectivity index (χ0v) is 17.7. The summed E-state index contributed by atoms with van der Waals surface area (Å²) in [6.45, 7) is 3.84. The summed E-state index contributed by atoms with van der Waals surface area (Å²) in [5.41, 5.74) is 0.502. The molecule has 1 rings (SSSR count). The van der Waals surface area contributed by atoms with Crippen molar-refractivity contribution < 1.29 is 33.1 Å². The quantitative estimate of drug-likeness (QED) is 0.249. The molecule has 0 aliphatic heterocycles. The third-order valence-electron chi connectivity index (χ3n) is 3.44. The van der Waals surface area contributed by atoms with Gasteiger partial charge >= 0.3 is 159 Å². The molecule has 0 bridgehead atoms. The first-order chi connectivity index (χ1) is 12.1. The van der Waals surface area contributed by atoms with Crippen LogP contribution in [0.25, 0.3) is 0 Å². The van der Waals surface area contributed by atoms with Crippen LogP contribution in [0.3, 0.4) is 0 Å². The molecule has 0 radical (unpaired) electrons. The molecule has 26 heavy (non-hydrogen) atoms. The second-order valence-corrected chi connectivity index (χ2v) is 8.12. The predicted molar refractivity (Wildman–Crippen MR) is 94.6 cm³/mol. The number of rotatable bonds is 8. The third kappa shape index (κ3) is 6.12. The number of ether oxygens (including phenoxy) is 3. The monoisotopic (exact) mass is 436 g/mol. The SMILES string of the molecule is CCOC(=O)[Se]c1nc(CC(C(=O)OC)[N+](C)(C)C)cn1C(=O)OCC. The van der Waals surface area contributed by atoms with Gasteiger partial charge in [0.1, 0.15) is 0 Å². The maximum atomic E-state index is 12.2. The van der Waals surface area contributed by atoms with E-state index in [-0.39, 0.29) is 30.3 Å². The standard InChI is InChI=1S/C16H26N3O6Se/c1-7-24-15(21)18-10-11(17-14(18)26-16(22)25-8-2)9-12(13(20)23-6)19(3,4)5/h10,12H,7-9H2,1-6H3/q+1. The van der Waals surface area contributed by atoms with Crippen molar-refractivity contribution in [1.82, 2.24) is 9.55 Å². The van der Waals surface area contributed by atoms with E-state index < -0.39 is 32.0 Å². The Balaban J connectivity index is 3.16. The molecule has 1 atom stereocenters. The van der Waals surface area contributed by atoms with Crippen LogP contribution >= 0.6 is 0 Å². The van der Waals surface area contributed by atoms with Gasteiger partial charge < -0.3 is 0 Å². The van der Waals surface area contributed by atoms with Crippen LogP contribution in [0.1, 0.15) is 19.5 Å². The van der Waals surface area contributed by atoms with E-state index in [1.165, 1.54) is 17.9 Å². The van der Waals surface area contributed by atoms with Crippen molar-refractivity contribution >= 4 is 36.6 Å². The summed E-state index contributed by atoms with van der Waals surface area (Å²) >= 11 is -0.807. The second-order valence-electron chi connectivity index (χ2n) is 6.23. The Hall–Kier alpha value is -1.90. The van der Waals surface area contributed by atoms with Gasteiger partial charge in [-0.05, 0) is 0 Å². The Kier molecular flexibility index (Phi) is 8.26. The van der Waals surface area contributed by atoms with Crippen LogP contribution in [0.5, 0.6) is 0 Å². The zero-order valence-electron chi connectivity index (χ0n) is 16.0. The molecule has 0 spiro atoms. The summed E-state index contributed by atoms with van der Waals surface area (Å²) in [7, 11) is 6.94. The summed E-state index contributed by atoms with van der Waals surface area (Å²) in [6.07, 6.45) is 1.14. The summed E-state index contributed by atoms with van der Waals surface area (Å²) in [5, 5.41) is 0. The fourth-order valence-corrected chi connectivity index (χ4v) is 3.63. The molecule has 9 nitrogen and oxygen atoms in total. The number of nitrogens with zero attached hydrogens (tertiary/aromatic N) is 3. The number of carbonyl (C=O) groups excluding carboxylic acids is 3. The Labute approximate surface area is 159 Å². The molecule has 0 aliphatic rings. The summed E-state index contributed by atoms with van der Waals surface area (Å²) in [6, 6.07) is -0.506. The van der Waals surface area contributed by atoms with Crippen molar-refractivity contribution in [3.05, 3.63) is 11.9 Å². The van der Waals surface area contributed by atoms with Crippen molar-refractivity contribution in [2.75, 3.05) is 41.5 Å². The number of aromatic nitrogens is 2. The van der Waals surface area contributed by atoms with Crippen molar-refractivity contribution in [1.29, 1.82) is 0 Å². The summed E-state index contributed by atoms with van der Waals surface area (Å²) in [4.78, 5) is 40.0. The van der Waals surface area contributed by atoms with Crippen LogP contribution in [-0.2, 0) is 25.4 Å². The molecular weight excluding hydrogens is 409 g/mol. The molecular formula is C16H26N3O6Se+. The normalized spacial score (nSPS) is 12.4. The van der Waals surface area contributed by atoms with Crippen LogP contribution < -0.4 is 4.72 Å². The maximum absolute atomic E-state index is 12.2. The number of hydrogen-bond donors (Lipinski definition) is 0. The average molecular weight is 435 g/mol. The predicted octanol–water partition coefficient (Wildman–Crippen LogP) is 0.164. The van der Waals surface area contributed by atoms with Gasteiger partial charge in [-0.25, -0.2) is 0 Å². The van der Waals surface area contributed by atoms with E-state index >= 15 is 0 Å². The van der Waals surface area contributed by atoms with E-state index in [0.717, 1.165) is 0 Å². The van der Waals surface area contributed by atoms with Crippen LogP contribution in [0.2, 0.25) is 0 Å².